The SMILES string of the molecule is CCCCCCCCCCCCC(C)(CCCCCCCCCC)SCCCCCCC. The molecule has 0 aromatic rings. The third kappa shape index (κ3) is 23.5. The summed E-state index contributed by atoms with van der Waals surface area (Å²) in [5.74, 6) is 1.40. The van der Waals surface area contributed by atoms with Crippen molar-refractivity contribution in [2.24, 2.45) is 0 Å². The molecule has 0 saturated heterocycles. The van der Waals surface area contributed by atoms with Crippen molar-refractivity contribution in [2.75, 3.05) is 5.75 Å². The number of hydrogen-bond donors (Lipinski definition) is 0. The standard InChI is InChI=1S/C31H64S/c1-5-8-11-14-16-18-19-21-23-26-29-31(4,32-30-27-24-13-10-7-3)28-25-22-20-17-15-12-9-6-2/h5-30H2,1-4H3. The Hall–Kier alpha value is 0.350. The number of hydrogen-bond acceptors (Lipinski definition) is 1. The Morgan fingerprint density at radius 1 is 0.375 bits per heavy atom. The van der Waals surface area contributed by atoms with Crippen molar-refractivity contribution in [3.8, 4) is 0 Å². The Labute approximate surface area is 210 Å². The van der Waals surface area contributed by atoms with Crippen LogP contribution >= 0.6 is 11.8 Å². The highest BCUT2D eigenvalue weighted by molar-refractivity contribution is 8.00. The second kappa shape index (κ2) is 26.0. The second-order valence-electron chi connectivity index (χ2n) is 10.9. The van der Waals surface area contributed by atoms with Crippen LogP contribution in [0.25, 0.3) is 0 Å². The van der Waals surface area contributed by atoms with Crippen LogP contribution in [0.15, 0.2) is 0 Å². The van der Waals surface area contributed by atoms with Gasteiger partial charge in [-0.2, -0.15) is 11.8 Å². The zero-order valence-electron chi connectivity index (χ0n) is 23.3. The molecule has 0 heterocycles. The zero-order valence-corrected chi connectivity index (χ0v) is 24.1. The van der Waals surface area contributed by atoms with Gasteiger partial charge in [0.05, 0.1) is 0 Å². The molecule has 1 unspecified atom stereocenters. The van der Waals surface area contributed by atoms with Crippen LogP contribution in [0.2, 0.25) is 0 Å². The van der Waals surface area contributed by atoms with E-state index in [0.717, 1.165) is 0 Å². The first-order valence-corrected chi connectivity index (χ1v) is 16.3. The molecule has 194 valence electrons. The van der Waals surface area contributed by atoms with E-state index in [9.17, 15) is 0 Å². The molecule has 0 aliphatic heterocycles. The number of unbranched alkanes of at least 4 members (excludes halogenated alkanes) is 20. The zero-order chi connectivity index (χ0) is 23.6. The van der Waals surface area contributed by atoms with Crippen LogP contribution in [0.3, 0.4) is 0 Å². The van der Waals surface area contributed by atoms with E-state index in [4.69, 9.17) is 0 Å². The van der Waals surface area contributed by atoms with Crippen molar-refractivity contribution in [3.63, 3.8) is 0 Å². The Morgan fingerprint density at radius 3 is 1.00 bits per heavy atom. The van der Waals surface area contributed by atoms with E-state index in [2.05, 4.69) is 39.5 Å². The molecule has 0 aromatic carbocycles. The molecule has 32 heavy (non-hydrogen) atoms. The van der Waals surface area contributed by atoms with Crippen molar-refractivity contribution in [1.82, 2.24) is 0 Å². The van der Waals surface area contributed by atoms with Gasteiger partial charge in [-0.3, -0.25) is 0 Å². The summed E-state index contributed by atoms with van der Waals surface area (Å²) in [7, 11) is 0. The maximum Gasteiger partial charge on any atom is 0.0131 e. The van der Waals surface area contributed by atoms with Gasteiger partial charge >= 0.3 is 0 Å². The first-order chi connectivity index (χ1) is 15.7. The predicted octanol–water partition coefficient (Wildman–Crippen LogP) is 12.3. The molecule has 0 aliphatic carbocycles. The fourth-order valence-corrected chi connectivity index (χ4v) is 6.33. The average molecular weight is 469 g/mol. The maximum atomic E-state index is 2.61. The molecule has 0 fully saturated rings. The molecule has 0 amide bonds. The lowest BCUT2D eigenvalue weighted by molar-refractivity contribution is 0.463. The minimum atomic E-state index is 0.549. The van der Waals surface area contributed by atoms with Gasteiger partial charge in [-0.05, 0) is 25.0 Å². The van der Waals surface area contributed by atoms with Gasteiger partial charge in [-0.25, -0.2) is 0 Å². The van der Waals surface area contributed by atoms with E-state index in [1.165, 1.54) is 166 Å². The van der Waals surface area contributed by atoms with Gasteiger partial charge < -0.3 is 0 Å². The third-order valence-electron chi connectivity index (χ3n) is 7.32. The van der Waals surface area contributed by atoms with Crippen molar-refractivity contribution < 1.29 is 0 Å². The Morgan fingerprint density at radius 2 is 0.656 bits per heavy atom. The topological polar surface area (TPSA) is 0 Å². The van der Waals surface area contributed by atoms with Crippen LogP contribution in [-0.4, -0.2) is 10.5 Å². The Bertz CT molecular complexity index is 339. The average Bonchev–Trinajstić information content (AvgIpc) is 2.79. The summed E-state index contributed by atoms with van der Waals surface area (Å²) < 4.78 is 0.549. The molecule has 1 atom stereocenters. The van der Waals surface area contributed by atoms with E-state index in [-0.39, 0.29) is 0 Å². The summed E-state index contributed by atoms with van der Waals surface area (Å²) in [6.07, 6.45) is 36.2. The first-order valence-electron chi connectivity index (χ1n) is 15.3. The predicted molar refractivity (Wildman–Crippen MR) is 153 cm³/mol. The van der Waals surface area contributed by atoms with Crippen LogP contribution in [0.5, 0.6) is 0 Å². The molecule has 0 bridgehead atoms. The van der Waals surface area contributed by atoms with E-state index in [1.54, 1.807) is 0 Å². The molecule has 0 nitrogen and oxygen atoms in total. The molecular weight excluding hydrogens is 404 g/mol. The smallest absolute Gasteiger partial charge is 0.0131 e. The van der Waals surface area contributed by atoms with Gasteiger partial charge in [0.15, 0.2) is 0 Å². The lowest BCUT2D eigenvalue weighted by Gasteiger charge is -2.29. The van der Waals surface area contributed by atoms with Gasteiger partial charge in [-0.15, -0.1) is 0 Å². The van der Waals surface area contributed by atoms with Crippen molar-refractivity contribution in [3.05, 3.63) is 0 Å². The molecule has 0 radical (unpaired) electrons. The van der Waals surface area contributed by atoms with Crippen LogP contribution in [0, 0.1) is 0 Å². The normalized spacial score (nSPS) is 13.5. The second-order valence-corrected chi connectivity index (χ2v) is 12.6. The van der Waals surface area contributed by atoms with E-state index in [1.807, 2.05) is 0 Å². The van der Waals surface area contributed by atoms with Gasteiger partial charge in [0.2, 0.25) is 0 Å². The molecule has 0 rings (SSSR count). The van der Waals surface area contributed by atoms with Gasteiger partial charge in [0.1, 0.15) is 0 Å². The molecule has 0 spiro atoms. The van der Waals surface area contributed by atoms with Crippen molar-refractivity contribution in [1.29, 1.82) is 0 Å². The minimum Gasteiger partial charge on any atom is -0.155 e. The highest BCUT2D eigenvalue weighted by atomic mass is 32.2. The van der Waals surface area contributed by atoms with Gasteiger partial charge in [0.25, 0.3) is 0 Å². The van der Waals surface area contributed by atoms with Crippen molar-refractivity contribution in [2.45, 2.75) is 193 Å². The molecule has 0 aliphatic rings. The number of thioether (sulfide) groups is 1. The van der Waals surface area contributed by atoms with E-state index in [0.29, 0.717) is 4.75 Å². The number of rotatable bonds is 27. The van der Waals surface area contributed by atoms with Gasteiger partial charge in [0, 0.05) is 4.75 Å². The lowest BCUT2D eigenvalue weighted by atomic mass is 9.94. The lowest BCUT2D eigenvalue weighted by Crippen LogP contribution is -2.21. The first kappa shape index (κ1) is 32.4. The molecule has 1 heteroatoms. The van der Waals surface area contributed by atoms with Crippen molar-refractivity contribution >= 4 is 11.8 Å². The van der Waals surface area contributed by atoms with Crippen LogP contribution < -0.4 is 0 Å². The van der Waals surface area contributed by atoms with Crippen LogP contribution in [-0.2, 0) is 0 Å². The molecular formula is C31H64S. The van der Waals surface area contributed by atoms with Gasteiger partial charge in [-0.1, -0.05) is 169 Å². The fourth-order valence-electron chi connectivity index (χ4n) is 4.91. The quantitative estimate of drug-likeness (QED) is 0.108. The van der Waals surface area contributed by atoms with E-state index >= 15 is 0 Å². The Balaban J connectivity index is 3.99. The highest BCUT2D eigenvalue weighted by Gasteiger charge is 2.23. The molecule has 0 aromatic heterocycles. The minimum absolute atomic E-state index is 0.549. The highest BCUT2D eigenvalue weighted by Crippen LogP contribution is 2.37. The molecule has 0 N–H and O–H groups in total. The maximum absolute atomic E-state index is 2.61. The largest absolute Gasteiger partial charge is 0.155 e. The summed E-state index contributed by atoms with van der Waals surface area (Å²) in [6.45, 7) is 9.56. The third-order valence-corrected chi connectivity index (χ3v) is 8.91. The van der Waals surface area contributed by atoms with Crippen LogP contribution in [0.1, 0.15) is 188 Å². The summed E-state index contributed by atoms with van der Waals surface area (Å²) in [4.78, 5) is 0. The summed E-state index contributed by atoms with van der Waals surface area (Å²) in [5.41, 5.74) is 0. The monoisotopic (exact) mass is 468 g/mol. The fraction of sp³-hybridized carbons (Fsp3) is 1.00. The summed E-state index contributed by atoms with van der Waals surface area (Å²) in [5, 5.41) is 0. The van der Waals surface area contributed by atoms with E-state index < -0.39 is 0 Å². The summed E-state index contributed by atoms with van der Waals surface area (Å²) >= 11 is 2.34. The van der Waals surface area contributed by atoms with Crippen LogP contribution in [0.4, 0.5) is 0 Å². The Kier molecular flexibility index (Phi) is 26.2. The summed E-state index contributed by atoms with van der Waals surface area (Å²) in [6, 6.07) is 0. The molecule has 0 saturated carbocycles.